The minimum Gasteiger partial charge on any atom is -0.508 e. The fourth-order valence-electron chi connectivity index (χ4n) is 0.315. The summed E-state index contributed by atoms with van der Waals surface area (Å²) >= 11 is 0. The monoisotopic (exact) mass is 165 g/mol. The van der Waals surface area contributed by atoms with Crippen LogP contribution in [-0.2, 0) is 0 Å². The van der Waals surface area contributed by atoms with Gasteiger partial charge in [0.15, 0.2) is 0 Å². The van der Waals surface area contributed by atoms with E-state index in [2.05, 4.69) is 13.2 Å². The Bertz CT molecular complexity index is 216. The van der Waals surface area contributed by atoms with E-state index < -0.39 is 23.2 Å². The van der Waals surface area contributed by atoms with Gasteiger partial charge < -0.3 is 5.11 Å². The number of hydrogen-bond donors (Lipinski definition) is 2. The molecule has 0 heterocycles. The van der Waals surface area contributed by atoms with Gasteiger partial charge in [-0.05, 0) is 0 Å². The summed E-state index contributed by atoms with van der Waals surface area (Å²) in [4.78, 5) is 0. The first-order valence-electron chi connectivity index (χ1n) is 2.50. The summed E-state index contributed by atoms with van der Waals surface area (Å²) in [5.74, 6) is -0.840. The molecule has 0 bridgehead atoms. The van der Waals surface area contributed by atoms with Gasteiger partial charge in [0.25, 0.3) is 0 Å². The third-order valence-electron chi connectivity index (χ3n) is 0.934. The van der Waals surface area contributed by atoms with E-state index in [1.165, 1.54) is 0 Å². The summed E-state index contributed by atoms with van der Waals surface area (Å²) in [6, 6.07) is 0. The van der Waals surface area contributed by atoms with Crippen LogP contribution in [0.15, 0.2) is 24.5 Å². The van der Waals surface area contributed by atoms with Crippen LogP contribution in [0.4, 0.5) is 13.2 Å². The van der Waals surface area contributed by atoms with E-state index in [-0.39, 0.29) is 0 Å². The third-order valence-corrected chi connectivity index (χ3v) is 0.934. The molecule has 0 saturated carbocycles. The Morgan fingerprint density at radius 3 is 1.73 bits per heavy atom. The predicted molar refractivity (Wildman–Crippen MR) is 34.7 cm³/mol. The van der Waals surface area contributed by atoms with Crippen molar-refractivity contribution in [1.29, 1.82) is 5.41 Å². The van der Waals surface area contributed by atoms with Crippen molar-refractivity contribution < 1.29 is 18.3 Å². The van der Waals surface area contributed by atoms with Crippen LogP contribution in [0.5, 0.6) is 0 Å². The molecule has 11 heavy (non-hydrogen) atoms. The van der Waals surface area contributed by atoms with Crippen molar-refractivity contribution in [2.75, 3.05) is 0 Å². The van der Waals surface area contributed by atoms with E-state index in [4.69, 9.17) is 10.5 Å². The summed E-state index contributed by atoms with van der Waals surface area (Å²) in [7, 11) is 0. The first-order chi connectivity index (χ1) is 4.76. The highest BCUT2D eigenvalue weighted by atomic mass is 19.4. The molecule has 62 valence electrons. The van der Waals surface area contributed by atoms with Crippen molar-refractivity contribution in [3.05, 3.63) is 24.5 Å². The van der Waals surface area contributed by atoms with Crippen molar-refractivity contribution in [2.24, 2.45) is 0 Å². The Morgan fingerprint density at radius 2 is 1.64 bits per heavy atom. The fourth-order valence-corrected chi connectivity index (χ4v) is 0.315. The summed E-state index contributed by atoms with van der Waals surface area (Å²) in [5, 5.41) is 14.9. The molecule has 0 rings (SSSR count). The molecule has 0 aliphatic rings. The summed E-state index contributed by atoms with van der Waals surface area (Å²) in [6.07, 6.45) is -4.78. The standard InChI is InChI=1S/C6H6F3NO/c1-3(4(2)11)5(10)6(7,8)9/h10-11H,1-2H2. The van der Waals surface area contributed by atoms with Crippen LogP contribution < -0.4 is 0 Å². The van der Waals surface area contributed by atoms with Crippen molar-refractivity contribution in [2.45, 2.75) is 6.18 Å². The average molecular weight is 165 g/mol. The second kappa shape index (κ2) is 2.77. The number of aliphatic hydroxyl groups is 1. The predicted octanol–water partition coefficient (Wildman–Crippen LogP) is 2.20. The Kier molecular flexibility index (Phi) is 2.46. The number of rotatable bonds is 2. The summed E-state index contributed by atoms with van der Waals surface area (Å²) < 4.78 is 34.9. The lowest BCUT2D eigenvalue weighted by molar-refractivity contribution is -0.0590. The molecule has 2 N–H and O–H groups in total. The normalized spacial score (nSPS) is 10.8. The van der Waals surface area contributed by atoms with Crippen molar-refractivity contribution in [1.82, 2.24) is 0 Å². The molecule has 2 nitrogen and oxygen atoms in total. The summed E-state index contributed by atoms with van der Waals surface area (Å²) in [6.45, 7) is 5.63. The molecule has 0 saturated heterocycles. The number of alkyl halides is 3. The van der Waals surface area contributed by atoms with E-state index in [0.29, 0.717) is 0 Å². The van der Waals surface area contributed by atoms with Gasteiger partial charge in [0.1, 0.15) is 11.5 Å². The van der Waals surface area contributed by atoms with Gasteiger partial charge >= 0.3 is 6.18 Å². The van der Waals surface area contributed by atoms with Crippen LogP contribution in [-0.4, -0.2) is 17.0 Å². The van der Waals surface area contributed by atoms with Crippen molar-refractivity contribution in [3.8, 4) is 0 Å². The van der Waals surface area contributed by atoms with Gasteiger partial charge in [0, 0.05) is 5.57 Å². The SMILES string of the molecule is C=C(O)C(=C)C(=N)C(F)(F)F. The molecule has 0 amide bonds. The molecule has 0 aliphatic carbocycles. The number of aliphatic hydroxyl groups excluding tert-OH is 1. The highest BCUT2D eigenvalue weighted by molar-refractivity contribution is 6.04. The Balaban J connectivity index is 4.53. The maximum atomic E-state index is 11.6. The van der Waals surface area contributed by atoms with Gasteiger partial charge in [-0.15, -0.1) is 0 Å². The zero-order valence-corrected chi connectivity index (χ0v) is 5.50. The van der Waals surface area contributed by atoms with E-state index >= 15 is 0 Å². The topological polar surface area (TPSA) is 44.1 Å². The maximum absolute atomic E-state index is 11.6. The van der Waals surface area contributed by atoms with Gasteiger partial charge in [0.2, 0.25) is 0 Å². The zero-order valence-electron chi connectivity index (χ0n) is 5.50. The lowest BCUT2D eigenvalue weighted by atomic mass is 10.1. The molecule has 0 unspecified atom stereocenters. The minimum atomic E-state index is -4.78. The van der Waals surface area contributed by atoms with Crippen LogP contribution in [0.1, 0.15) is 0 Å². The largest absolute Gasteiger partial charge is 0.508 e. The second-order valence-electron chi connectivity index (χ2n) is 1.80. The molecule has 0 spiro atoms. The molecule has 0 aliphatic heterocycles. The van der Waals surface area contributed by atoms with Crippen LogP contribution in [0.3, 0.4) is 0 Å². The fraction of sp³-hybridized carbons (Fsp3) is 0.167. The molecule has 0 atom stereocenters. The average Bonchev–Trinajstić information content (AvgIpc) is 1.82. The highest BCUT2D eigenvalue weighted by Gasteiger charge is 2.36. The number of allylic oxidation sites excluding steroid dienone is 1. The smallest absolute Gasteiger partial charge is 0.433 e. The first kappa shape index (κ1) is 9.74. The van der Waals surface area contributed by atoms with Gasteiger partial charge in [0.05, 0.1) is 0 Å². The second-order valence-corrected chi connectivity index (χ2v) is 1.80. The number of halogens is 3. The molecule has 0 radical (unpaired) electrons. The molecule has 0 aromatic heterocycles. The van der Waals surface area contributed by atoms with E-state index in [1.807, 2.05) is 0 Å². The molecule has 0 aromatic carbocycles. The Morgan fingerprint density at radius 1 is 1.27 bits per heavy atom. The van der Waals surface area contributed by atoms with Crippen LogP contribution in [0.2, 0.25) is 0 Å². The van der Waals surface area contributed by atoms with Crippen LogP contribution in [0, 0.1) is 5.41 Å². The van der Waals surface area contributed by atoms with Gasteiger partial charge in [-0.1, -0.05) is 13.2 Å². The van der Waals surface area contributed by atoms with Crippen molar-refractivity contribution in [3.63, 3.8) is 0 Å². The lowest BCUT2D eigenvalue weighted by Crippen LogP contribution is -2.23. The quantitative estimate of drug-likeness (QED) is 0.367. The van der Waals surface area contributed by atoms with Gasteiger partial charge in [-0.3, -0.25) is 5.41 Å². The van der Waals surface area contributed by atoms with Gasteiger partial charge in [-0.25, -0.2) is 0 Å². The van der Waals surface area contributed by atoms with E-state index in [1.54, 1.807) is 0 Å². The maximum Gasteiger partial charge on any atom is 0.433 e. The molecule has 5 heteroatoms. The minimum absolute atomic E-state index is 0.808. The molecule has 0 fully saturated rings. The Labute approximate surface area is 61.2 Å². The van der Waals surface area contributed by atoms with Gasteiger partial charge in [-0.2, -0.15) is 13.2 Å². The highest BCUT2D eigenvalue weighted by Crippen LogP contribution is 2.22. The summed E-state index contributed by atoms with van der Waals surface area (Å²) in [5.41, 5.74) is -2.48. The molecular weight excluding hydrogens is 159 g/mol. The number of hydrogen-bond acceptors (Lipinski definition) is 2. The number of nitrogens with one attached hydrogen (secondary N) is 1. The van der Waals surface area contributed by atoms with E-state index in [0.717, 1.165) is 0 Å². The molecule has 0 aromatic rings. The van der Waals surface area contributed by atoms with Crippen LogP contribution in [0.25, 0.3) is 0 Å². The molecular formula is C6H6F3NO. The third kappa shape index (κ3) is 2.45. The lowest BCUT2D eigenvalue weighted by Gasteiger charge is -2.08. The zero-order chi connectivity index (χ0) is 9.23. The van der Waals surface area contributed by atoms with Crippen LogP contribution >= 0.6 is 0 Å². The van der Waals surface area contributed by atoms with E-state index in [9.17, 15) is 13.2 Å². The first-order valence-corrected chi connectivity index (χ1v) is 2.50. The van der Waals surface area contributed by atoms with Crippen molar-refractivity contribution >= 4 is 5.71 Å². The Hall–Kier alpha value is -1.26.